The van der Waals surface area contributed by atoms with Gasteiger partial charge in [0.25, 0.3) is 0 Å². The number of nitrogens with one attached hydrogen (secondary N) is 1. The molecule has 2 rings (SSSR count). The second kappa shape index (κ2) is 13.7. The lowest BCUT2D eigenvalue weighted by Gasteiger charge is -2.30. The van der Waals surface area contributed by atoms with Crippen LogP contribution in [-0.4, -0.2) is 41.5 Å². The summed E-state index contributed by atoms with van der Waals surface area (Å²) in [6, 6.07) is 17.7. The molecule has 0 aromatic heterocycles. The maximum absolute atomic E-state index is 13.2. The Morgan fingerprint density at radius 2 is 1.59 bits per heavy atom. The summed E-state index contributed by atoms with van der Waals surface area (Å²) in [6.07, 6.45) is 0.620. The van der Waals surface area contributed by atoms with Crippen LogP contribution in [0.15, 0.2) is 60.7 Å². The summed E-state index contributed by atoms with van der Waals surface area (Å²) >= 11 is 3.25. The van der Waals surface area contributed by atoms with E-state index < -0.39 is 23.8 Å². The van der Waals surface area contributed by atoms with E-state index in [4.69, 9.17) is 9.47 Å². The quantitative estimate of drug-likeness (QED) is 0.289. The van der Waals surface area contributed by atoms with Gasteiger partial charge in [-0.3, -0.25) is 9.69 Å². The molecule has 0 aliphatic rings. The minimum absolute atomic E-state index is 0.109. The van der Waals surface area contributed by atoms with Crippen LogP contribution in [0.5, 0.6) is 0 Å². The van der Waals surface area contributed by atoms with Gasteiger partial charge in [-0.1, -0.05) is 64.5 Å². The predicted molar refractivity (Wildman–Crippen MR) is 136 cm³/mol. The number of hydrogen-bond donors (Lipinski definition) is 1. The molecule has 7 nitrogen and oxygen atoms in total. The highest BCUT2D eigenvalue weighted by Gasteiger charge is 2.31. The van der Waals surface area contributed by atoms with Crippen molar-refractivity contribution in [3.05, 3.63) is 66.2 Å². The van der Waals surface area contributed by atoms with Crippen molar-refractivity contribution in [1.29, 1.82) is 0 Å². The first kappa shape index (κ1) is 27.4. The molecule has 1 N–H and O–H groups in total. The first-order chi connectivity index (χ1) is 16.2. The monoisotopic (exact) mass is 532 g/mol. The first-order valence-electron chi connectivity index (χ1n) is 11.3. The molecule has 0 radical (unpaired) electrons. The maximum atomic E-state index is 13.2. The van der Waals surface area contributed by atoms with Gasteiger partial charge in [-0.15, -0.1) is 0 Å². The van der Waals surface area contributed by atoms with Crippen molar-refractivity contribution < 1.29 is 23.9 Å². The van der Waals surface area contributed by atoms with Crippen LogP contribution in [0.4, 0.5) is 15.3 Å². The molecule has 2 aromatic rings. The lowest BCUT2D eigenvalue weighted by Crippen LogP contribution is -2.46. The van der Waals surface area contributed by atoms with Gasteiger partial charge < -0.3 is 14.8 Å². The molecule has 34 heavy (non-hydrogen) atoms. The summed E-state index contributed by atoms with van der Waals surface area (Å²) in [5.41, 5.74) is 0.889. The average Bonchev–Trinajstić information content (AvgIpc) is 2.81. The van der Waals surface area contributed by atoms with Crippen LogP contribution in [0.2, 0.25) is 0 Å². The Morgan fingerprint density at radius 3 is 2.18 bits per heavy atom. The standard InChI is InChI=1S/C26H33BrN2O5/c1-26(2,3)34-24(31)28-17-11-10-16-22(23(30)18-27)29(21-14-8-5-9-15-21)25(32)33-19-20-12-6-4-7-13-20/h4-9,12-15,22H,10-11,16-19H2,1-3H3,(H,28,31)/t22-/m0/s1. The molecule has 0 bridgehead atoms. The average molecular weight is 533 g/mol. The Labute approximate surface area is 209 Å². The van der Waals surface area contributed by atoms with Gasteiger partial charge in [-0.25, -0.2) is 9.59 Å². The number of alkyl carbamates (subject to hydrolysis) is 1. The minimum Gasteiger partial charge on any atom is -0.444 e. The molecule has 0 saturated heterocycles. The van der Waals surface area contributed by atoms with Gasteiger partial charge in [0.2, 0.25) is 0 Å². The van der Waals surface area contributed by atoms with E-state index in [2.05, 4.69) is 21.2 Å². The van der Waals surface area contributed by atoms with Gasteiger partial charge in [-0.2, -0.15) is 0 Å². The van der Waals surface area contributed by atoms with Crippen molar-refractivity contribution in [2.75, 3.05) is 16.8 Å². The number of unbranched alkanes of at least 4 members (excludes halogenated alkanes) is 1. The number of alkyl halides is 1. The molecule has 0 heterocycles. The van der Waals surface area contributed by atoms with E-state index in [0.717, 1.165) is 5.56 Å². The summed E-state index contributed by atoms with van der Waals surface area (Å²) in [5.74, 6) is -0.124. The summed E-state index contributed by atoms with van der Waals surface area (Å²) in [7, 11) is 0. The van der Waals surface area contributed by atoms with Crippen molar-refractivity contribution in [2.45, 2.75) is 58.3 Å². The van der Waals surface area contributed by atoms with E-state index in [-0.39, 0.29) is 17.7 Å². The maximum Gasteiger partial charge on any atom is 0.415 e. The van der Waals surface area contributed by atoms with Gasteiger partial charge in [0, 0.05) is 12.2 Å². The number of hydrogen-bond acceptors (Lipinski definition) is 5. The van der Waals surface area contributed by atoms with Crippen LogP contribution in [0.25, 0.3) is 0 Å². The second-order valence-corrected chi connectivity index (χ2v) is 9.35. The van der Waals surface area contributed by atoms with Crippen molar-refractivity contribution in [3.63, 3.8) is 0 Å². The predicted octanol–water partition coefficient (Wildman–Crippen LogP) is 5.86. The molecule has 8 heteroatoms. The third-order valence-corrected chi connectivity index (χ3v) is 5.38. The number of rotatable bonds is 11. The number of halogens is 1. The highest BCUT2D eigenvalue weighted by atomic mass is 79.9. The number of Topliss-reactive ketones (excluding diaryl/α,β-unsaturated/α-hetero) is 1. The molecule has 184 valence electrons. The number of nitrogens with zero attached hydrogens (tertiary/aromatic N) is 1. The molecule has 2 aromatic carbocycles. The molecule has 0 aliphatic carbocycles. The number of ether oxygens (including phenoxy) is 2. The van der Waals surface area contributed by atoms with Crippen molar-refractivity contribution in [1.82, 2.24) is 5.32 Å². The van der Waals surface area contributed by atoms with Crippen molar-refractivity contribution >= 4 is 39.6 Å². The Kier molecular flexibility index (Phi) is 11.1. The molecule has 2 amide bonds. The minimum atomic E-state index is -0.702. The molecular formula is C26H33BrN2O5. The number of ketones is 1. The normalized spacial score (nSPS) is 11.9. The lowest BCUT2D eigenvalue weighted by atomic mass is 10.0. The van der Waals surface area contributed by atoms with Gasteiger partial charge in [-0.05, 0) is 57.7 Å². The SMILES string of the molecule is CC(C)(C)OC(=O)NCCCC[C@@H](C(=O)CBr)N(C(=O)OCc1ccccc1)c1ccccc1. The van der Waals surface area contributed by atoms with E-state index in [1.54, 1.807) is 32.9 Å². The number of amides is 2. The zero-order valence-electron chi connectivity index (χ0n) is 20.0. The number of carbonyl (C=O) groups is 3. The van der Waals surface area contributed by atoms with E-state index in [1.807, 2.05) is 48.5 Å². The molecule has 0 aliphatic heterocycles. The zero-order chi connectivity index (χ0) is 25.0. The summed E-state index contributed by atoms with van der Waals surface area (Å²) in [5, 5.41) is 2.83. The molecule has 0 fully saturated rings. The number of benzene rings is 2. The highest BCUT2D eigenvalue weighted by Crippen LogP contribution is 2.23. The van der Waals surface area contributed by atoms with Crippen molar-refractivity contribution in [2.24, 2.45) is 0 Å². The Hall–Kier alpha value is -2.87. The van der Waals surface area contributed by atoms with E-state index in [0.29, 0.717) is 31.5 Å². The molecule has 0 unspecified atom stereocenters. The van der Waals surface area contributed by atoms with Crippen LogP contribution in [0.1, 0.15) is 45.6 Å². The van der Waals surface area contributed by atoms with Crippen LogP contribution in [-0.2, 0) is 20.9 Å². The topological polar surface area (TPSA) is 84.9 Å². The Bertz CT molecular complexity index is 916. The second-order valence-electron chi connectivity index (χ2n) is 8.79. The molecule has 0 spiro atoms. The smallest absolute Gasteiger partial charge is 0.415 e. The van der Waals surface area contributed by atoms with Crippen LogP contribution in [0, 0.1) is 0 Å². The fraction of sp³-hybridized carbons (Fsp3) is 0.423. The van der Waals surface area contributed by atoms with Crippen molar-refractivity contribution in [3.8, 4) is 0 Å². The Morgan fingerprint density at radius 1 is 0.971 bits per heavy atom. The fourth-order valence-corrected chi connectivity index (χ4v) is 3.65. The van der Waals surface area contributed by atoms with Gasteiger partial charge in [0.05, 0.1) is 11.4 Å². The zero-order valence-corrected chi connectivity index (χ0v) is 21.5. The third-order valence-electron chi connectivity index (χ3n) is 4.82. The number of carbonyl (C=O) groups excluding carboxylic acids is 3. The Balaban J connectivity index is 2.05. The molecular weight excluding hydrogens is 500 g/mol. The van der Waals surface area contributed by atoms with E-state index in [9.17, 15) is 14.4 Å². The lowest BCUT2D eigenvalue weighted by molar-refractivity contribution is -0.117. The largest absolute Gasteiger partial charge is 0.444 e. The molecule has 0 saturated carbocycles. The first-order valence-corrected chi connectivity index (χ1v) is 12.4. The van der Waals surface area contributed by atoms with E-state index in [1.165, 1.54) is 4.90 Å². The van der Waals surface area contributed by atoms with E-state index >= 15 is 0 Å². The van der Waals surface area contributed by atoms with Crippen LogP contribution in [0.3, 0.4) is 0 Å². The summed E-state index contributed by atoms with van der Waals surface area (Å²) < 4.78 is 10.8. The van der Waals surface area contributed by atoms with Crippen LogP contribution < -0.4 is 10.2 Å². The third kappa shape index (κ3) is 9.55. The molecule has 1 atom stereocenters. The van der Waals surface area contributed by atoms with Gasteiger partial charge in [0.15, 0.2) is 5.78 Å². The summed E-state index contributed by atoms with van der Waals surface area (Å²) in [6.45, 7) is 5.93. The van der Waals surface area contributed by atoms with Crippen LogP contribution >= 0.6 is 15.9 Å². The number of anilines is 1. The van der Waals surface area contributed by atoms with Gasteiger partial charge in [0.1, 0.15) is 12.2 Å². The fourth-order valence-electron chi connectivity index (χ4n) is 3.28. The number of para-hydroxylation sites is 1. The summed E-state index contributed by atoms with van der Waals surface area (Å²) in [4.78, 5) is 39.2. The van der Waals surface area contributed by atoms with Gasteiger partial charge >= 0.3 is 12.2 Å². The highest BCUT2D eigenvalue weighted by molar-refractivity contribution is 9.09.